The maximum absolute atomic E-state index is 12.7. The highest BCUT2D eigenvalue weighted by Gasteiger charge is 2.84. The fraction of sp³-hybridized carbons (Fsp3) is 1.00. The van der Waals surface area contributed by atoms with Crippen LogP contribution >= 0.6 is 0 Å². The van der Waals surface area contributed by atoms with Gasteiger partial charge in [0, 0.05) is 44.2 Å². The Morgan fingerprint density at radius 1 is 0.887 bits per heavy atom. The Bertz CT molecular complexity index is 1360. The van der Waals surface area contributed by atoms with Crippen molar-refractivity contribution in [3.8, 4) is 0 Å². The molecule has 5 saturated carbocycles. The Morgan fingerprint density at radius 3 is 2.28 bits per heavy atom. The van der Waals surface area contributed by atoms with Gasteiger partial charge in [-0.05, 0) is 130 Å². The van der Waals surface area contributed by atoms with Crippen LogP contribution in [0.5, 0.6) is 0 Å². The van der Waals surface area contributed by atoms with Gasteiger partial charge in [0.15, 0.2) is 6.29 Å². The first-order valence-corrected chi connectivity index (χ1v) is 22.1. The van der Waals surface area contributed by atoms with Crippen LogP contribution in [0.15, 0.2) is 0 Å². The highest BCUT2D eigenvalue weighted by atomic mass is 16.7. The van der Waals surface area contributed by atoms with E-state index in [0.29, 0.717) is 53.2 Å². The van der Waals surface area contributed by atoms with Gasteiger partial charge >= 0.3 is 0 Å². The van der Waals surface area contributed by atoms with E-state index in [0.717, 1.165) is 45.8 Å². The van der Waals surface area contributed by atoms with Crippen molar-refractivity contribution in [2.75, 3.05) is 52.6 Å². The maximum atomic E-state index is 12.7. The van der Waals surface area contributed by atoms with Crippen LogP contribution < -0.4 is 0 Å². The Hall–Kier alpha value is -0.360. The van der Waals surface area contributed by atoms with Crippen molar-refractivity contribution in [1.82, 2.24) is 9.80 Å². The summed E-state index contributed by atoms with van der Waals surface area (Å²) in [6.07, 6.45) is 10.6. The molecule has 4 heterocycles. The molecule has 0 aromatic heterocycles. The van der Waals surface area contributed by atoms with Gasteiger partial charge in [-0.2, -0.15) is 0 Å². The van der Waals surface area contributed by atoms with Crippen molar-refractivity contribution < 1.29 is 33.9 Å². The van der Waals surface area contributed by atoms with Crippen LogP contribution in [-0.4, -0.2) is 127 Å². The molecule has 14 atom stereocenters. The smallest absolute Gasteiger partial charge is 0.170 e. The molecule has 53 heavy (non-hydrogen) atoms. The van der Waals surface area contributed by atoms with Gasteiger partial charge in [-0.15, -0.1) is 0 Å². The number of nitrogens with zero attached hydrogens (tertiary/aromatic N) is 2. The molecule has 0 amide bonds. The Kier molecular flexibility index (Phi) is 9.42. The van der Waals surface area contributed by atoms with Crippen LogP contribution in [-0.2, 0) is 23.7 Å². The molecule has 0 aromatic carbocycles. The van der Waals surface area contributed by atoms with Gasteiger partial charge in [0.25, 0.3) is 0 Å². The predicted molar refractivity (Wildman–Crippen MR) is 203 cm³/mol. The van der Waals surface area contributed by atoms with E-state index >= 15 is 0 Å². The van der Waals surface area contributed by atoms with Gasteiger partial charge in [-0.1, -0.05) is 34.6 Å². The van der Waals surface area contributed by atoms with E-state index in [-0.39, 0.29) is 40.8 Å². The van der Waals surface area contributed by atoms with Crippen LogP contribution in [0.25, 0.3) is 0 Å². The maximum Gasteiger partial charge on any atom is 0.170 e. The number of likely N-dealkylation sites (tertiary alicyclic amines) is 1. The molecule has 3 unspecified atom stereocenters. The molecule has 0 bridgehead atoms. The zero-order valence-corrected chi connectivity index (χ0v) is 34.5. The minimum absolute atomic E-state index is 0.0199. The molecular formula is C44H74N2O7. The van der Waals surface area contributed by atoms with E-state index in [2.05, 4.69) is 44.4 Å². The second kappa shape index (κ2) is 13.1. The summed E-state index contributed by atoms with van der Waals surface area (Å²) < 4.78 is 32.1. The van der Waals surface area contributed by atoms with Crippen molar-refractivity contribution in [1.29, 1.82) is 0 Å². The van der Waals surface area contributed by atoms with Crippen LogP contribution in [0.3, 0.4) is 0 Å². The zero-order chi connectivity index (χ0) is 37.3. The standard InChI is InChI=1S/C44H74N2O7/c1-9-50-38(40(5,6)48)30-22-27(2)35-36(52-30)37(47)42(8)32-11-10-31-39(3,4)33(12-15-43(31)26-44(32,43)17-16-41(35,42)7)53-34-23-46(20-21-51-34)28-13-18-45(19-14-28)29-24-49-25-29/h27-38,47-48H,9-26H2,1-8H3/t27-,30?,31+,32?,33+,34+,35+,36?,37+,38+,41-,42-,43-,44+/m1/s1. The summed E-state index contributed by atoms with van der Waals surface area (Å²) >= 11 is 0. The second-order valence-corrected chi connectivity index (χ2v) is 21.5. The summed E-state index contributed by atoms with van der Waals surface area (Å²) in [6, 6.07) is 1.28. The number of hydrogen-bond acceptors (Lipinski definition) is 9. The molecule has 2 N–H and O–H groups in total. The molecule has 5 aliphatic carbocycles. The summed E-state index contributed by atoms with van der Waals surface area (Å²) in [5, 5.41) is 23.8. The molecule has 9 fully saturated rings. The van der Waals surface area contributed by atoms with Crippen molar-refractivity contribution >= 4 is 0 Å². The number of ether oxygens (including phenoxy) is 5. The number of piperidine rings is 1. The van der Waals surface area contributed by atoms with E-state index in [9.17, 15) is 10.2 Å². The first-order chi connectivity index (χ1) is 25.1. The monoisotopic (exact) mass is 743 g/mol. The van der Waals surface area contributed by atoms with Crippen molar-refractivity contribution in [2.24, 2.45) is 50.7 Å². The molecule has 9 rings (SSSR count). The lowest BCUT2D eigenvalue weighted by molar-refractivity contribution is -0.252. The lowest BCUT2D eigenvalue weighted by Crippen LogP contribution is -2.60. The third kappa shape index (κ3) is 5.46. The summed E-state index contributed by atoms with van der Waals surface area (Å²) in [5.41, 5.74) is -0.455. The third-order valence-corrected chi connectivity index (χ3v) is 18.7. The molecule has 4 aliphatic heterocycles. The fourth-order valence-corrected chi connectivity index (χ4v) is 16.0. The Morgan fingerprint density at radius 2 is 1.60 bits per heavy atom. The molecule has 9 aliphatic rings. The van der Waals surface area contributed by atoms with Gasteiger partial charge in [-0.25, -0.2) is 0 Å². The quantitative estimate of drug-likeness (QED) is 0.317. The van der Waals surface area contributed by atoms with E-state index in [1.54, 1.807) is 0 Å². The number of rotatable bonds is 8. The zero-order valence-electron chi connectivity index (χ0n) is 34.5. The highest BCUT2D eigenvalue weighted by Crippen LogP contribution is 2.89. The predicted octanol–water partition coefficient (Wildman–Crippen LogP) is 5.88. The van der Waals surface area contributed by atoms with Gasteiger partial charge in [0.05, 0.1) is 55.9 Å². The van der Waals surface area contributed by atoms with Gasteiger partial charge in [0.1, 0.15) is 6.10 Å². The second-order valence-electron chi connectivity index (χ2n) is 21.5. The van der Waals surface area contributed by atoms with Crippen molar-refractivity contribution in [3.05, 3.63) is 0 Å². The Balaban J connectivity index is 0.892. The third-order valence-electron chi connectivity index (χ3n) is 18.7. The van der Waals surface area contributed by atoms with E-state index in [1.807, 2.05) is 20.8 Å². The molecule has 0 aromatic rings. The summed E-state index contributed by atoms with van der Waals surface area (Å²) in [5.74, 6) is 1.84. The molecule has 4 saturated heterocycles. The minimum atomic E-state index is -1.01. The van der Waals surface area contributed by atoms with E-state index < -0.39 is 17.8 Å². The lowest BCUT2D eigenvalue weighted by atomic mass is 9.41. The molecule has 2 spiro atoms. The summed E-state index contributed by atoms with van der Waals surface area (Å²) in [6.45, 7) is 25.5. The van der Waals surface area contributed by atoms with Crippen LogP contribution in [0.4, 0.5) is 0 Å². The first kappa shape index (κ1) is 38.2. The highest BCUT2D eigenvalue weighted by molar-refractivity contribution is 5.33. The average molecular weight is 743 g/mol. The molecule has 0 radical (unpaired) electrons. The largest absolute Gasteiger partial charge is 0.390 e. The number of aliphatic hydroxyl groups is 2. The van der Waals surface area contributed by atoms with Crippen molar-refractivity contribution in [3.63, 3.8) is 0 Å². The number of aliphatic hydroxyl groups excluding tert-OH is 1. The fourth-order valence-electron chi connectivity index (χ4n) is 16.0. The molecule has 9 nitrogen and oxygen atoms in total. The normalized spacial score (nSPS) is 50.9. The van der Waals surface area contributed by atoms with Gasteiger partial charge < -0.3 is 33.9 Å². The van der Waals surface area contributed by atoms with Gasteiger partial charge in [-0.3, -0.25) is 9.80 Å². The molecular weight excluding hydrogens is 668 g/mol. The topological polar surface area (TPSA) is 93.1 Å². The number of morpholine rings is 1. The van der Waals surface area contributed by atoms with Crippen LogP contribution in [0.1, 0.15) is 120 Å². The number of fused-ring (bicyclic) bond motifs is 4. The summed E-state index contributed by atoms with van der Waals surface area (Å²) in [7, 11) is 0. The van der Waals surface area contributed by atoms with Crippen molar-refractivity contribution in [2.45, 2.75) is 174 Å². The summed E-state index contributed by atoms with van der Waals surface area (Å²) in [4.78, 5) is 5.32. The Labute approximate surface area is 320 Å². The van der Waals surface area contributed by atoms with Crippen LogP contribution in [0, 0.1) is 50.7 Å². The van der Waals surface area contributed by atoms with Crippen LogP contribution in [0.2, 0.25) is 0 Å². The van der Waals surface area contributed by atoms with E-state index in [1.165, 1.54) is 64.5 Å². The molecule has 302 valence electrons. The SMILES string of the molecule is CCO[C@@H](C1C[C@@H](C)[C@H]2C(O1)[C@H](O)[C@@]1(C)C3CC[C@H]4C(C)(C)[C@@H](O[C@H]5CN(C6CCN(C7COC7)CC6)CCO5)CC[C@@]45C[C@@]35CC[C@]21C)C(C)(C)O. The molecule has 9 heteroatoms. The lowest BCUT2D eigenvalue weighted by Gasteiger charge is -2.64. The number of hydrogen-bond donors (Lipinski definition) is 2. The van der Waals surface area contributed by atoms with Gasteiger partial charge in [0.2, 0.25) is 0 Å². The van der Waals surface area contributed by atoms with E-state index in [4.69, 9.17) is 23.7 Å². The average Bonchev–Trinajstić information content (AvgIpc) is 3.72. The first-order valence-electron chi connectivity index (χ1n) is 22.1. The minimum Gasteiger partial charge on any atom is -0.390 e.